The Kier molecular flexibility index (Phi) is 6.66. The van der Waals surface area contributed by atoms with Crippen molar-refractivity contribution in [1.29, 1.82) is 0 Å². The molecule has 1 aromatic heterocycles. The maximum atomic E-state index is 12.7. The molecule has 2 N–H and O–H groups in total. The van der Waals surface area contributed by atoms with Gasteiger partial charge in [-0.1, -0.05) is 53.8 Å². The minimum atomic E-state index is -3.86. The number of ether oxygens (including phenoxy) is 1. The third-order valence-electron chi connectivity index (χ3n) is 4.66. The van der Waals surface area contributed by atoms with Crippen LogP contribution in [0.5, 0.6) is 5.75 Å². The molecule has 0 fully saturated rings. The summed E-state index contributed by atoms with van der Waals surface area (Å²) in [5.41, 5.74) is 1.72. The third-order valence-corrected chi connectivity index (χ3v) is 6.88. The van der Waals surface area contributed by atoms with Gasteiger partial charge in [-0.3, -0.25) is 14.8 Å². The number of nitrogens with zero attached hydrogens (tertiary/aromatic N) is 2. The molecule has 0 aliphatic carbocycles. The second kappa shape index (κ2) is 9.80. The smallest absolute Gasteiger partial charge is 0.262 e. The molecule has 1 amide bonds. The second-order valence-corrected chi connectivity index (χ2v) is 9.69. The first-order valence-electron chi connectivity index (χ1n) is 9.88. The highest BCUT2D eigenvalue weighted by atomic mass is 32.2. The zero-order valence-electron chi connectivity index (χ0n) is 17.6. The van der Waals surface area contributed by atoms with Gasteiger partial charge in [-0.15, -0.1) is 10.2 Å². The van der Waals surface area contributed by atoms with Crippen LogP contribution in [0.25, 0.3) is 0 Å². The number of anilines is 2. The molecule has 0 spiro atoms. The highest BCUT2D eigenvalue weighted by Crippen LogP contribution is 2.26. The van der Waals surface area contributed by atoms with Gasteiger partial charge in [0, 0.05) is 12.0 Å². The molecule has 0 saturated heterocycles. The number of rotatable bonds is 8. The van der Waals surface area contributed by atoms with E-state index in [4.69, 9.17) is 4.74 Å². The van der Waals surface area contributed by atoms with E-state index in [2.05, 4.69) is 20.2 Å². The van der Waals surface area contributed by atoms with Crippen molar-refractivity contribution < 1.29 is 17.9 Å². The summed E-state index contributed by atoms with van der Waals surface area (Å²) in [6, 6.07) is 22.2. The van der Waals surface area contributed by atoms with E-state index in [1.165, 1.54) is 42.7 Å². The number of carbonyl (C=O) groups excluding carboxylic acids is 1. The maximum absolute atomic E-state index is 12.7. The van der Waals surface area contributed by atoms with Gasteiger partial charge < -0.3 is 4.74 Å². The van der Waals surface area contributed by atoms with E-state index in [1.54, 1.807) is 24.3 Å². The monoisotopic (exact) mass is 480 g/mol. The molecule has 0 atom stereocenters. The van der Waals surface area contributed by atoms with Crippen molar-refractivity contribution in [2.75, 3.05) is 17.1 Å². The molecule has 0 saturated carbocycles. The van der Waals surface area contributed by atoms with E-state index in [0.717, 1.165) is 10.6 Å². The van der Waals surface area contributed by atoms with Crippen LogP contribution in [0, 0.1) is 0 Å². The molecule has 10 heteroatoms. The number of benzene rings is 3. The number of methoxy groups -OCH3 is 1. The lowest BCUT2D eigenvalue weighted by Gasteiger charge is -2.11. The fourth-order valence-corrected chi connectivity index (χ4v) is 4.87. The lowest BCUT2D eigenvalue weighted by atomic mass is 10.2. The number of amides is 1. The van der Waals surface area contributed by atoms with Crippen molar-refractivity contribution in [1.82, 2.24) is 10.2 Å². The first kappa shape index (κ1) is 22.4. The average molecular weight is 481 g/mol. The summed E-state index contributed by atoms with van der Waals surface area (Å²) in [6.07, 6.45) is 0.625. The summed E-state index contributed by atoms with van der Waals surface area (Å²) in [7, 11) is -2.39. The average Bonchev–Trinajstić information content (AvgIpc) is 3.26. The Bertz CT molecular complexity index is 1350. The van der Waals surface area contributed by atoms with Crippen LogP contribution in [0.15, 0.2) is 83.8 Å². The van der Waals surface area contributed by atoms with Crippen LogP contribution in [-0.2, 0) is 16.4 Å². The summed E-state index contributed by atoms with van der Waals surface area (Å²) in [4.78, 5) is 12.6. The quantitative estimate of drug-likeness (QED) is 0.391. The van der Waals surface area contributed by atoms with Gasteiger partial charge in [-0.05, 0) is 42.0 Å². The van der Waals surface area contributed by atoms with Gasteiger partial charge in [-0.25, -0.2) is 8.42 Å². The van der Waals surface area contributed by atoms with Crippen LogP contribution < -0.4 is 14.8 Å². The second-order valence-electron chi connectivity index (χ2n) is 6.95. The van der Waals surface area contributed by atoms with Crippen molar-refractivity contribution in [2.45, 2.75) is 11.3 Å². The van der Waals surface area contributed by atoms with Gasteiger partial charge >= 0.3 is 0 Å². The van der Waals surface area contributed by atoms with Gasteiger partial charge in [0.05, 0.1) is 17.7 Å². The van der Waals surface area contributed by atoms with Crippen LogP contribution in [0.4, 0.5) is 10.8 Å². The molecule has 0 unspecified atom stereocenters. The lowest BCUT2D eigenvalue weighted by molar-refractivity contribution is 0.102. The summed E-state index contributed by atoms with van der Waals surface area (Å²) in [6.45, 7) is 0. The Hall–Kier alpha value is -3.76. The highest BCUT2D eigenvalue weighted by molar-refractivity contribution is 7.92. The van der Waals surface area contributed by atoms with E-state index in [0.29, 0.717) is 28.6 Å². The number of aromatic nitrogens is 2. The molecule has 4 aromatic rings. The minimum absolute atomic E-state index is 0.0195. The molecule has 4 rings (SSSR count). The molecule has 3 aromatic carbocycles. The molecule has 1 heterocycles. The maximum Gasteiger partial charge on any atom is 0.262 e. The molecule has 0 radical (unpaired) electrons. The van der Waals surface area contributed by atoms with Gasteiger partial charge in [0.2, 0.25) is 5.13 Å². The Morgan fingerprint density at radius 2 is 1.64 bits per heavy atom. The minimum Gasteiger partial charge on any atom is -0.495 e. The van der Waals surface area contributed by atoms with Crippen LogP contribution >= 0.6 is 11.3 Å². The van der Waals surface area contributed by atoms with E-state index < -0.39 is 15.9 Å². The first-order chi connectivity index (χ1) is 15.9. The largest absolute Gasteiger partial charge is 0.495 e. The number of hydrogen-bond acceptors (Lipinski definition) is 7. The van der Waals surface area contributed by atoms with Crippen molar-refractivity contribution in [3.8, 4) is 5.75 Å². The Morgan fingerprint density at radius 3 is 2.36 bits per heavy atom. The summed E-state index contributed by atoms with van der Waals surface area (Å²) < 4.78 is 33.1. The van der Waals surface area contributed by atoms with Gasteiger partial charge in [-0.2, -0.15) is 0 Å². The number of sulfonamides is 1. The normalized spacial score (nSPS) is 11.1. The van der Waals surface area contributed by atoms with Crippen LogP contribution in [0.3, 0.4) is 0 Å². The molecule has 0 bridgehead atoms. The van der Waals surface area contributed by atoms with Gasteiger partial charge in [0.1, 0.15) is 10.8 Å². The first-order valence-corrected chi connectivity index (χ1v) is 12.2. The fraction of sp³-hybridized carbons (Fsp3) is 0.0870. The highest BCUT2D eigenvalue weighted by Gasteiger charge is 2.18. The van der Waals surface area contributed by atoms with Crippen LogP contribution in [-0.4, -0.2) is 31.6 Å². The standard InChI is InChI=1S/C23H20N4O4S2/c1-31-20-10-6-5-9-19(20)27-33(29,30)18-13-11-17(12-14-18)22(28)24-23-26-25-21(32-23)15-16-7-3-2-4-8-16/h2-14,27H,15H2,1H3,(H,24,26,28). The zero-order chi connectivity index (χ0) is 23.3. The fourth-order valence-electron chi connectivity index (χ4n) is 3.03. The van der Waals surface area contributed by atoms with Crippen molar-refractivity contribution in [3.05, 3.63) is 95.0 Å². The lowest BCUT2D eigenvalue weighted by Crippen LogP contribution is -2.15. The van der Waals surface area contributed by atoms with E-state index in [1.807, 2.05) is 30.3 Å². The van der Waals surface area contributed by atoms with E-state index in [-0.39, 0.29) is 4.90 Å². The molecule has 0 aliphatic heterocycles. The van der Waals surface area contributed by atoms with Crippen molar-refractivity contribution in [2.24, 2.45) is 0 Å². The predicted molar refractivity (Wildman–Crippen MR) is 127 cm³/mol. The molecule has 33 heavy (non-hydrogen) atoms. The van der Waals surface area contributed by atoms with Crippen LogP contribution in [0.1, 0.15) is 20.9 Å². The number of nitrogens with one attached hydrogen (secondary N) is 2. The van der Waals surface area contributed by atoms with Crippen molar-refractivity contribution >= 4 is 38.1 Å². The van der Waals surface area contributed by atoms with Crippen LogP contribution in [0.2, 0.25) is 0 Å². The molecular formula is C23H20N4O4S2. The number of hydrogen-bond donors (Lipinski definition) is 2. The summed E-state index contributed by atoms with van der Waals surface area (Å²) in [5.74, 6) is -0.000175. The van der Waals surface area contributed by atoms with E-state index >= 15 is 0 Å². The van der Waals surface area contributed by atoms with E-state index in [9.17, 15) is 13.2 Å². The topological polar surface area (TPSA) is 110 Å². The predicted octanol–water partition coefficient (Wildman–Crippen LogP) is 4.19. The Labute approximate surface area is 195 Å². The molecule has 0 aliphatic rings. The SMILES string of the molecule is COc1ccccc1NS(=O)(=O)c1ccc(C(=O)Nc2nnc(Cc3ccccc3)s2)cc1. The summed E-state index contributed by atoms with van der Waals surface area (Å²) in [5, 5.41) is 12.0. The molecule has 168 valence electrons. The molecule has 8 nitrogen and oxygen atoms in total. The van der Waals surface area contributed by atoms with Crippen molar-refractivity contribution in [3.63, 3.8) is 0 Å². The molecular weight excluding hydrogens is 460 g/mol. The Balaban J connectivity index is 1.42. The Morgan fingerprint density at radius 1 is 0.939 bits per heavy atom. The number of para-hydroxylation sites is 2. The van der Waals surface area contributed by atoms with Gasteiger partial charge in [0.15, 0.2) is 0 Å². The zero-order valence-corrected chi connectivity index (χ0v) is 19.2. The summed E-state index contributed by atoms with van der Waals surface area (Å²) >= 11 is 1.29. The third kappa shape index (κ3) is 5.54. The number of carbonyl (C=O) groups is 1. The van der Waals surface area contributed by atoms with Gasteiger partial charge in [0.25, 0.3) is 15.9 Å².